The highest BCUT2D eigenvalue weighted by molar-refractivity contribution is 5.70. The Morgan fingerprint density at radius 2 is 1.86 bits per heavy atom. The van der Waals surface area contributed by atoms with Crippen molar-refractivity contribution >= 4 is 0 Å². The summed E-state index contributed by atoms with van der Waals surface area (Å²) >= 11 is 0. The van der Waals surface area contributed by atoms with Crippen LogP contribution in [-0.4, -0.2) is 5.11 Å². The van der Waals surface area contributed by atoms with Gasteiger partial charge in [-0.05, 0) is 60.4 Å². The summed E-state index contributed by atoms with van der Waals surface area (Å²) in [7, 11) is 0. The summed E-state index contributed by atoms with van der Waals surface area (Å²) in [5.41, 5.74) is 4.06. The van der Waals surface area contributed by atoms with Gasteiger partial charge < -0.3 is 5.11 Å². The van der Waals surface area contributed by atoms with E-state index in [2.05, 4.69) is 26.8 Å². The van der Waals surface area contributed by atoms with Gasteiger partial charge in [0.1, 0.15) is 11.6 Å². The highest BCUT2D eigenvalue weighted by Gasteiger charge is 2.36. The van der Waals surface area contributed by atoms with E-state index in [1.54, 1.807) is 0 Å². The first-order valence-corrected chi connectivity index (χ1v) is 7.98. The van der Waals surface area contributed by atoms with Crippen LogP contribution in [0.5, 0.6) is 5.75 Å². The van der Waals surface area contributed by atoms with Crippen molar-refractivity contribution in [1.29, 1.82) is 0 Å². The molecule has 0 saturated heterocycles. The van der Waals surface area contributed by atoms with Crippen LogP contribution in [0.2, 0.25) is 0 Å². The Balaban J connectivity index is 2.19. The fourth-order valence-corrected chi connectivity index (χ4v) is 3.84. The highest BCUT2D eigenvalue weighted by Crippen LogP contribution is 2.51. The van der Waals surface area contributed by atoms with Gasteiger partial charge in [0, 0.05) is 5.56 Å². The number of rotatable bonds is 2. The molecular formula is C20H23FO. The molecule has 2 aromatic rings. The Bertz CT molecular complexity index is 703. The van der Waals surface area contributed by atoms with E-state index in [4.69, 9.17) is 0 Å². The van der Waals surface area contributed by atoms with Crippen LogP contribution >= 0.6 is 0 Å². The van der Waals surface area contributed by atoms with Crippen LogP contribution in [0.3, 0.4) is 0 Å². The van der Waals surface area contributed by atoms with Gasteiger partial charge in [-0.25, -0.2) is 4.39 Å². The molecule has 2 aromatic carbocycles. The number of aromatic hydroxyl groups is 1. The first-order valence-electron chi connectivity index (χ1n) is 7.98. The quantitative estimate of drug-likeness (QED) is 0.742. The molecule has 1 unspecified atom stereocenters. The van der Waals surface area contributed by atoms with E-state index in [1.165, 1.54) is 42.2 Å². The molecule has 1 saturated carbocycles. The van der Waals surface area contributed by atoms with Crippen LogP contribution in [-0.2, 0) is 0 Å². The van der Waals surface area contributed by atoms with Crippen LogP contribution in [0.15, 0.2) is 36.4 Å². The minimum Gasteiger partial charge on any atom is -0.508 e. The fraction of sp³-hybridized carbons (Fsp3) is 0.400. The smallest absolute Gasteiger partial charge is 0.131 e. The fourth-order valence-electron chi connectivity index (χ4n) is 3.84. The first kappa shape index (κ1) is 15.1. The molecule has 0 radical (unpaired) electrons. The molecule has 1 N–H and O–H groups in total. The average molecular weight is 298 g/mol. The van der Waals surface area contributed by atoms with Crippen molar-refractivity contribution in [2.75, 3.05) is 0 Å². The summed E-state index contributed by atoms with van der Waals surface area (Å²) in [6.45, 7) is 6.68. The molecule has 1 nitrogen and oxygen atoms in total. The number of phenolic OH excluding ortho intramolecular Hbond substituents is 1. The highest BCUT2D eigenvalue weighted by atomic mass is 19.1. The molecule has 1 atom stereocenters. The Kier molecular flexibility index (Phi) is 3.72. The van der Waals surface area contributed by atoms with Crippen molar-refractivity contribution in [3.05, 3.63) is 53.3 Å². The lowest BCUT2D eigenvalue weighted by molar-refractivity contribution is 0.332. The second-order valence-electron chi connectivity index (χ2n) is 7.19. The van der Waals surface area contributed by atoms with E-state index in [9.17, 15) is 9.50 Å². The molecule has 22 heavy (non-hydrogen) atoms. The van der Waals surface area contributed by atoms with Gasteiger partial charge in [-0.15, -0.1) is 0 Å². The third kappa shape index (κ3) is 2.63. The van der Waals surface area contributed by atoms with Gasteiger partial charge >= 0.3 is 0 Å². The molecular weight excluding hydrogens is 275 g/mol. The minimum atomic E-state index is -0.279. The summed E-state index contributed by atoms with van der Waals surface area (Å²) in [5.74, 6) is 0.261. The normalized spacial score (nSPS) is 20.3. The number of hydrogen-bond donors (Lipinski definition) is 1. The third-order valence-electron chi connectivity index (χ3n) is 5.08. The summed E-state index contributed by atoms with van der Waals surface area (Å²) in [5, 5.41) is 9.75. The molecule has 3 rings (SSSR count). The summed E-state index contributed by atoms with van der Waals surface area (Å²) in [6.07, 6.45) is 3.56. The van der Waals surface area contributed by atoms with Gasteiger partial charge in [0.25, 0.3) is 0 Å². The number of phenols is 1. The van der Waals surface area contributed by atoms with Gasteiger partial charge in [0.05, 0.1) is 0 Å². The lowest BCUT2D eigenvalue weighted by atomic mass is 9.75. The third-order valence-corrected chi connectivity index (χ3v) is 5.08. The lowest BCUT2D eigenvalue weighted by Gasteiger charge is -2.29. The maximum Gasteiger partial charge on any atom is 0.131 e. The lowest BCUT2D eigenvalue weighted by Crippen LogP contribution is -2.16. The number of benzene rings is 2. The SMILES string of the molecule is Cc1ccc(-c2cc(O)ccc2F)c(C2CCCC2(C)C)c1. The molecule has 116 valence electrons. The molecule has 0 amide bonds. The van der Waals surface area contributed by atoms with Crippen molar-refractivity contribution in [1.82, 2.24) is 0 Å². The Morgan fingerprint density at radius 1 is 1.09 bits per heavy atom. The van der Waals surface area contributed by atoms with Gasteiger partial charge in [0.15, 0.2) is 0 Å². The monoisotopic (exact) mass is 298 g/mol. The van der Waals surface area contributed by atoms with Crippen molar-refractivity contribution < 1.29 is 9.50 Å². The topological polar surface area (TPSA) is 20.2 Å². The molecule has 1 aliphatic carbocycles. The average Bonchev–Trinajstić information content (AvgIpc) is 2.81. The molecule has 0 heterocycles. The van der Waals surface area contributed by atoms with E-state index in [1.807, 2.05) is 12.1 Å². The molecule has 0 aliphatic heterocycles. The van der Waals surface area contributed by atoms with Crippen molar-refractivity contribution in [3.8, 4) is 16.9 Å². The second kappa shape index (κ2) is 5.42. The number of hydrogen-bond acceptors (Lipinski definition) is 1. The van der Waals surface area contributed by atoms with Gasteiger partial charge in [-0.2, -0.15) is 0 Å². The van der Waals surface area contributed by atoms with Crippen LogP contribution in [0.4, 0.5) is 4.39 Å². The first-order chi connectivity index (χ1) is 10.4. The van der Waals surface area contributed by atoms with Gasteiger partial charge in [-0.1, -0.05) is 44.0 Å². The second-order valence-corrected chi connectivity index (χ2v) is 7.19. The maximum atomic E-state index is 14.3. The van der Waals surface area contributed by atoms with Crippen LogP contribution < -0.4 is 0 Å². The zero-order valence-electron chi connectivity index (χ0n) is 13.5. The van der Waals surface area contributed by atoms with E-state index in [0.29, 0.717) is 11.5 Å². The molecule has 1 aliphatic rings. The van der Waals surface area contributed by atoms with Crippen LogP contribution in [0.25, 0.3) is 11.1 Å². The zero-order valence-corrected chi connectivity index (χ0v) is 13.5. The van der Waals surface area contributed by atoms with E-state index in [-0.39, 0.29) is 17.0 Å². The molecule has 2 heteroatoms. The standard InChI is InChI=1S/C20H23FO/c1-13-6-8-15(17-12-14(22)7-9-19(17)21)16(11-13)18-5-4-10-20(18,2)3/h6-9,11-12,18,22H,4-5,10H2,1-3H3. The predicted molar refractivity (Wildman–Crippen MR) is 88.6 cm³/mol. The summed E-state index contributed by atoms with van der Waals surface area (Å²) in [6, 6.07) is 10.5. The van der Waals surface area contributed by atoms with Crippen molar-refractivity contribution in [2.45, 2.75) is 46.0 Å². The van der Waals surface area contributed by atoms with E-state index < -0.39 is 0 Å². The summed E-state index contributed by atoms with van der Waals surface area (Å²) in [4.78, 5) is 0. The number of halogens is 1. The Morgan fingerprint density at radius 3 is 2.55 bits per heavy atom. The number of aryl methyl sites for hydroxylation is 1. The minimum absolute atomic E-state index is 0.105. The van der Waals surface area contributed by atoms with Crippen LogP contribution in [0.1, 0.15) is 50.2 Å². The zero-order chi connectivity index (χ0) is 15.9. The summed E-state index contributed by atoms with van der Waals surface area (Å²) < 4.78 is 14.3. The molecule has 1 fully saturated rings. The largest absolute Gasteiger partial charge is 0.508 e. The van der Waals surface area contributed by atoms with Crippen molar-refractivity contribution in [2.24, 2.45) is 5.41 Å². The molecule has 0 aromatic heterocycles. The van der Waals surface area contributed by atoms with Gasteiger partial charge in [0.2, 0.25) is 0 Å². The van der Waals surface area contributed by atoms with E-state index in [0.717, 1.165) is 12.0 Å². The predicted octanol–water partition coefficient (Wildman–Crippen LogP) is 5.80. The molecule has 0 spiro atoms. The molecule has 0 bridgehead atoms. The Hall–Kier alpha value is -1.83. The van der Waals surface area contributed by atoms with Crippen molar-refractivity contribution in [3.63, 3.8) is 0 Å². The van der Waals surface area contributed by atoms with Gasteiger partial charge in [-0.3, -0.25) is 0 Å². The Labute approximate surface area is 131 Å². The van der Waals surface area contributed by atoms with E-state index >= 15 is 0 Å². The van der Waals surface area contributed by atoms with Crippen LogP contribution in [0, 0.1) is 18.2 Å². The maximum absolute atomic E-state index is 14.3.